The third kappa shape index (κ3) is 4.05. The van der Waals surface area contributed by atoms with Crippen molar-refractivity contribution < 1.29 is 27.4 Å². The van der Waals surface area contributed by atoms with E-state index >= 15 is 0 Å². The first-order valence-corrected chi connectivity index (χ1v) is 8.43. The number of primary amides is 1. The molecule has 2 aromatic rings. The Hall–Kier alpha value is -2.61. The van der Waals surface area contributed by atoms with Gasteiger partial charge in [0.05, 0.1) is 6.61 Å². The lowest BCUT2D eigenvalue weighted by molar-refractivity contribution is -0.150. The predicted octanol–water partition coefficient (Wildman–Crippen LogP) is 3.47. The number of fused-ring (bicyclic) bond motifs is 1. The number of carbonyl (C=O) groups is 1. The van der Waals surface area contributed by atoms with Crippen LogP contribution < -0.4 is 10.5 Å². The molecule has 3 rings (SSSR count). The van der Waals surface area contributed by atoms with E-state index in [-0.39, 0.29) is 24.1 Å². The van der Waals surface area contributed by atoms with Gasteiger partial charge in [-0.2, -0.15) is 8.78 Å². The number of alkyl halides is 2. The normalized spacial score (nSPS) is 18.9. The Morgan fingerprint density at radius 3 is 2.74 bits per heavy atom. The molecule has 2 heterocycles. The number of amides is 1. The lowest BCUT2D eigenvalue weighted by Crippen LogP contribution is -2.36. The van der Waals surface area contributed by atoms with Crippen molar-refractivity contribution in [3.8, 4) is 17.0 Å². The Morgan fingerprint density at radius 2 is 2.11 bits per heavy atom. The van der Waals surface area contributed by atoms with Crippen LogP contribution in [0.5, 0.6) is 5.88 Å². The number of halogens is 3. The molecule has 27 heavy (non-hydrogen) atoms. The van der Waals surface area contributed by atoms with Gasteiger partial charge in [0.1, 0.15) is 17.6 Å². The number of hydrogen-bond acceptors (Lipinski definition) is 4. The van der Waals surface area contributed by atoms with Gasteiger partial charge in [-0.1, -0.05) is 19.1 Å². The molecule has 5 nitrogen and oxygen atoms in total. The summed E-state index contributed by atoms with van der Waals surface area (Å²) >= 11 is 0. The highest BCUT2D eigenvalue weighted by Crippen LogP contribution is 2.38. The summed E-state index contributed by atoms with van der Waals surface area (Å²) < 4.78 is 49.3. The minimum Gasteiger partial charge on any atom is -0.471 e. The van der Waals surface area contributed by atoms with Crippen molar-refractivity contribution >= 4 is 5.91 Å². The average molecular weight is 380 g/mol. The molecule has 2 N–H and O–H groups in total. The van der Waals surface area contributed by atoms with Crippen LogP contribution in [0.2, 0.25) is 0 Å². The standard InChI is InChI=1S/C19H19F3N2O3/c1-9-3-4-11(14(20)5-9)12-7-15(17(23)25)24-18-13(12)6-10(2)16(27-18)8-26-19(21)22/h3-5,7,10,16,19H,6,8H2,1-2H3,(H2,23,25)/t10-,16-/m0/s1. The summed E-state index contributed by atoms with van der Waals surface area (Å²) in [5.74, 6) is -1.34. The summed E-state index contributed by atoms with van der Waals surface area (Å²) in [6, 6.07) is 6.18. The molecule has 0 saturated carbocycles. The molecule has 0 radical (unpaired) electrons. The number of aromatic nitrogens is 1. The smallest absolute Gasteiger partial charge is 0.345 e. The van der Waals surface area contributed by atoms with Crippen molar-refractivity contribution in [1.82, 2.24) is 4.98 Å². The largest absolute Gasteiger partial charge is 0.471 e. The highest BCUT2D eigenvalue weighted by molar-refractivity contribution is 5.93. The van der Waals surface area contributed by atoms with Crippen molar-refractivity contribution in [2.24, 2.45) is 11.7 Å². The molecule has 0 spiro atoms. The fraction of sp³-hybridized carbons (Fsp3) is 0.368. The quantitative estimate of drug-likeness (QED) is 0.862. The van der Waals surface area contributed by atoms with E-state index in [2.05, 4.69) is 9.72 Å². The zero-order chi connectivity index (χ0) is 19.7. The maximum absolute atomic E-state index is 14.5. The van der Waals surface area contributed by atoms with E-state index in [4.69, 9.17) is 10.5 Å². The van der Waals surface area contributed by atoms with Crippen LogP contribution >= 0.6 is 0 Å². The lowest BCUT2D eigenvalue weighted by Gasteiger charge is -2.32. The van der Waals surface area contributed by atoms with Gasteiger partial charge in [-0.25, -0.2) is 9.37 Å². The first-order chi connectivity index (χ1) is 12.8. The molecule has 1 aromatic carbocycles. The maximum atomic E-state index is 14.5. The molecule has 0 fully saturated rings. The van der Waals surface area contributed by atoms with Gasteiger partial charge in [-0.3, -0.25) is 4.79 Å². The van der Waals surface area contributed by atoms with Crippen LogP contribution in [0.4, 0.5) is 13.2 Å². The van der Waals surface area contributed by atoms with Crippen LogP contribution in [0.1, 0.15) is 28.5 Å². The molecule has 0 aliphatic carbocycles. The van der Waals surface area contributed by atoms with Gasteiger partial charge in [0, 0.05) is 11.1 Å². The Labute approximate surface area is 154 Å². The van der Waals surface area contributed by atoms with Crippen LogP contribution in [-0.4, -0.2) is 30.2 Å². The van der Waals surface area contributed by atoms with Crippen molar-refractivity contribution in [3.63, 3.8) is 0 Å². The fourth-order valence-electron chi connectivity index (χ4n) is 3.13. The van der Waals surface area contributed by atoms with E-state index in [1.165, 1.54) is 12.1 Å². The first kappa shape index (κ1) is 19.2. The van der Waals surface area contributed by atoms with Crippen LogP contribution in [-0.2, 0) is 11.2 Å². The van der Waals surface area contributed by atoms with Gasteiger partial charge in [-0.15, -0.1) is 0 Å². The van der Waals surface area contributed by atoms with Crippen LogP contribution in [0.3, 0.4) is 0 Å². The number of rotatable bonds is 5. The fourth-order valence-corrected chi connectivity index (χ4v) is 3.13. The van der Waals surface area contributed by atoms with Crippen LogP contribution in [0.15, 0.2) is 24.3 Å². The summed E-state index contributed by atoms with van der Waals surface area (Å²) in [6.45, 7) is 0.348. The SMILES string of the molecule is Cc1ccc(-c2cc(C(N)=O)nc3c2C[C@H](C)[C@H](COC(F)F)O3)c(F)c1. The Bertz CT molecular complexity index is 874. The third-order valence-electron chi connectivity index (χ3n) is 4.56. The Balaban J connectivity index is 2.07. The molecular weight excluding hydrogens is 361 g/mol. The highest BCUT2D eigenvalue weighted by atomic mass is 19.3. The second kappa shape index (κ2) is 7.56. The monoisotopic (exact) mass is 380 g/mol. The summed E-state index contributed by atoms with van der Waals surface area (Å²) in [7, 11) is 0. The number of nitrogens with two attached hydrogens (primary N) is 1. The number of carbonyl (C=O) groups excluding carboxylic acids is 1. The summed E-state index contributed by atoms with van der Waals surface area (Å²) in [5.41, 5.74) is 7.35. The maximum Gasteiger partial charge on any atom is 0.345 e. The van der Waals surface area contributed by atoms with E-state index in [1.54, 1.807) is 19.1 Å². The zero-order valence-electron chi connectivity index (χ0n) is 14.8. The van der Waals surface area contributed by atoms with Gasteiger partial charge in [0.2, 0.25) is 5.88 Å². The number of nitrogens with zero attached hydrogens (tertiary/aromatic N) is 1. The number of ether oxygens (including phenoxy) is 2. The molecule has 0 bridgehead atoms. The topological polar surface area (TPSA) is 74.4 Å². The molecule has 1 amide bonds. The molecule has 1 aromatic heterocycles. The van der Waals surface area contributed by atoms with Crippen molar-refractivity contribution in [3.05, 3.63) is 46.9 Å². The van der Waals surface area contributed by atoms with Gasteiger partial charge < -0.3 is 15.2 Å². The Morgan fingerprint density at radius 1 is 1.37 bits per heavy atom. The van der Waals surface area contributed by atoms with E-state index in [0.717, 1.165) is 5.56 Å². The van der Waals surface area contributed by atoms with Crippen molar-refractivity contribution in [2.75, 3.05) is 6.61 Å². The molecule has 8 heteroatoms. The lowest BCUT2D eigenvalue weighted by atomic mass is 9.88. The number of hydrogen-bond donors (Lipinski definition) is 1. The van der Waals surface area contributed by atoms with Crippen molar-refractivity contribution in [1.29, 1.82) is 0 Å². The van der Waals surface area contributed by atoms with Crippen LogP contribution in [0, 0.1) is 18.7 Å². The predicted molar refractivity (Wildman–Crippen MR) is 92.1 cm³/mol. The van der Waals surface area contributed by atoms with E-state index in [9.17, 15) is 18.0 Å². The molecule has 0 unspecified atom stereocenters. The average Bonchev–Trinajstić information content (AvgIpc) is 2.59. The minimum atomic E-state index is -2.91. The molecule has 2 atom stereocenters. The zero-order valence-corrected chi connectivity index (χ0v) is 14.8. The summed E-state index contributed by atoms with van der Waals surface area (Å²) in [5, 5.41) is 0. The molecule has 0 saturated heterocycles. The van der Waals surface area contributed by atoms with Gasteiger partial charge in [0.25, 0.3) is 5.91 Å². The summed E-state index contributed by atoms with van der Waals surface area (Å²) in [6.07, 6.45) is -0.265. The number of benzene rings is 1. The van der Waals surface area contributed by atoms with E-state index in [1.807, 2.05) is 6.92 Å². The molecular formula is C19H19F3N2O3. The minimum absolute atomic E-state index is 0.0854. The second-order valence-electron chi connectivity index (χ2n) is 6.62. The number of aryl methyl sites for hydroxylation is 1. The van der Waals surface area contributed by atoms with Gasteiger partial charge in [-0.05, 0) is 42.5 Å². The van der Waals surface area contributed by atoms with Gasteiger partial charge in [0.15, 0.2) is 0 Å². The van der Waals surface area contributed by atoms with Gasteiger partial charge >= 0.3 is 6.61 Å². The number of pyridine rings is 1. The van der Waals surface area contributed by atoms with E-state index in [0.29, 0.717) is 23.1 Å². The summed E-state index contributed by atoms with van der Waals surface area (Å²) in [4.78, 5) is 15.8. The molecule has 1 aliphatic heterocycles. The second-order valence-corrected chi connectivity index (χ2v) is 6.62. The van der Waals surface area contributed by atoms with Crippen LogP contribution in [0.25, 0.3) is 11.1 Å². The first-order valence-electron chi connectivity index (χ1n) is 8.43. The van der Waals surface area contributed by atoms with Crippen molar-refractivity contribution in [2.45, 2.75) is 33.0 Å². The highest BCUT2D eigenvalue weighted by Gasteiger charge is 2.32. The third-order valence-corrected chi connectivity index (χ3v) is 4.56. The molecule has 144 valence electrons. The molecule has 1 aliphatic rings. The van der Waals surface area contributed by atoms with E-state index < -0.39 is 24.4 Å². The Kier molecular flexibility index (Phi) is 5.36.